The average molecular weight is 752 g/mol. The summed E-state index contributed by atoms with van der Waals surface area (Å²) in [5.74, 6) is -5.12. The second kappa shape index (κ2) is 12.2. The zero-order valence-corrected chi connectivity index (χ0v) is 29.3. The van der Waals surface area contributed by atoms with Crippen LogP contribution in [0.15, 0.2) is 113 Å². The van der Waals surface area contributed by atoms with Gasteiger partial charge >= 0.3 is 0 Å². The summed E-state index contributed by atoms with van der Waals surface area (Å²) in [6.07, 6.45) is 2.41. The molecule has 8 nitrogen and oxygen atoms in total. The van der Waals surface area contributed by atoms with Gasteiger partial charge in [0.1, 0.15) is 0 Å². The lowest BCUT2D eigenvalue weighted by Gasteiger charge is -2.50. The first-order chi connectivity index (χ1) is 24.2. The molecule has 4 amide bonds. The third-order valence-corrected chi connectivity index (χ3v) is 11.7. The minimum absolute atomic E-state index is 0.151. The molecule has 4 aliphatic rings. The second-order valence-corrected chi connectivity index (χ2v) is 14.7. The Hall–Kier alpha value is -4.73. The molecule has 252 valence electrons. The van der Waals surface area contributed by atoms with E-state index in [4.69, 9.17) is 16.3 Å². The number of fused-ring (bicyclic) bond motifs is 4. The second-order valence-electron chi connectivity index (χ2n) is 13.4. The van der Waals surface area contributed by atoms with Gasteiger partial charge in [-0.2, -0.15) is 0 Å². The first-order valence-electron chi connectivity index (χ1n) is 16.5. The number of likely N-dealkylation sites (tertiary alicyclic amines) is 1. The Labute approximate surface area is 302 Å². The van der Waals surface area contributed by atoms with E-state index in [0.29, 0.717) is 26.3 Å². The van der Waals surface area contributed by atoms with Gasteiger partial charge in [-0.1, -0.05) is 106 Å². The van der Waals surface area contributed by atoms with Crippen LogP contribution < -0.4 is 9.64 Å². The molecule has 10 heteroatoms. The molecule has 0 spiro atoms. The number of carbonyl (C=O) groups is 4. The molecule has 1 N–H and O–H groups in total. The van der Waals surface area contributed by atoms with Crippen LogP contribution >= 0.6 is 27.5 Å². The maximum Gasteiger partial charge on any atom is 0.246 e. The SMILES string of the molecule is COc1cc(Br)cc(C2C3=CCC4C(=O)N(Cc5ccccc5)C(=O)C4C3CC3C(=O)N(c4cccc(Cl)c4)C(=O)C32c2ccccc2)c1O. The fourth-order valence-corrected chi connectivity index (χ4v) is 9.68. The van der Waals surface area contributed by atoms with Gasteiger partial charge in [0.15, 0.2) is 11.5 Å². The van der Waals surface area contributed by atoms with Crippen LogP contribution in [0.5, 0.6) is 11.5 Å². The van der Waals surface area contributed by atoms with E-state index in [9.17, 15) is 19.5 Å². The number of benzene rings is 4. The van der Waals surface area contributed by atoms with Crippen molar-refractivity contribution >= 4 is 56.8 Å². The molecule has 2 heterocycles. The third kappa shape index (κ3) is 4.70. The molecular weight excluding hydrogens is 720 g/mol. The molecule has 0 bridgehead atoms. The monoisotopic (exact) mass is 750 g/mol. The lowest BCUT2D eigenvalue weighted by atomic mass is 9.49. The maximum absolute atomic E-state index is 15.4. The van der Waals surface area contributed by atoms with Gasteiger partial charge in [-0.25, -0.2) is 4.90 Å². The Morgan fingerprint density at radius 1 is 0.880 bits per heavy atom. The van der Waals surface area contributed by atoms with Crippen LogP contribution in [0.1, 0.15) is 35.4 Å². The van der Waals surface area contributed by atoms with E-state index >= 15 is 4.79 Å². The molecule has 0 aromatic heterocycles. The molecule has 4 aromatic carbocycles. The molecule has 6 atom stereocenters. The molecule has 6 unspecified atom stereocenters. The topological polar surface area (TPSA) is 104 Å². The largest absolute Gasteiger partial charge is 0.504 e. The highest BCUT2D eigenvalue weighted by Gasteiger charge is 2.70. The van der Waals surface area contributed by atoms with Gasteiger partial charge in [0, 0.05) is 21.0 Å². The van der Waals surface area contributed by atoms with Crippen LogP contribution in [0.25, 0.3) is 0 Å². The van der Waals surface area contributed by atoms with E-state index in [1.165, 1.54) is 16.9 Å². The number of rotatable bonds is 6. The van der Waals surface area contributed by atoms with E-state index in [2.05, 4.69) is 15.9 Å². The maximum atomic E-state index is 15.4. The average Bonchev–Trinajstić information content (AvgIpc) is 3.50. The summed E-state index contributed by atoms with van der Waals surface area (Å²) in [5, 5.41) is 12.2. The predicted molar refractivity (Wildman–Crippen MR) is 190 cm³/mol. The van der Waals surface area contributed by atoms with Crippen LogP contribution in [0.4, 0.5) is 5.69 Å². The zero-order valence-electron chi connectivity index (χ0n) is 27.0. The van der Waals surface area contributed by atoms with Crippen molar-refractivity contribution < 1.29 is 29.0 Å². The van der Waals surface area contributed by atoms with E-state index < -0.39 is 46.8 Å². The molecule has 0 radical (unpaired) electrons. The Morgan fingerprint density at radius 3 is 2.30 bits per heavy atom. The molecule has 3 fully saturated rings. The van der Waals surface area contributed by atoms with E-state index in [0.717, 1.165) is 11.1 Å². The number of methoxy groups -OCH3 is 1. The number of imide groups is 2. The van der Waals surface area contributed by atoms with Crippen LogP contribution in [0.3, 0.4) is 0 Å². The molecule has 4 aromatic rings. The first kappa shape index (κ1) is 32.5. The number of carbonyl (C=O) groups excluding carboxylic acids is 4. The van der Waals surface area contributed by atoms with E-state index in [1.807, 2.05) is 66.7 Å². The van der Waals surface area contributed by atoms with Gasteiger partial charge in [0.2, 0.25) is 23.6 Å². The van der Waals surface area contributed by atoms with Crippen molar-refractivity contribution in [3.8, 4) is 11.5 Å². The van der Waals surface area contributed by atoms with Crippen LogP contribution in [0.2, 0.25) is 5.02 Å². The summed E-state index contributed by atoms with van der Waals surface area (Å²) in [6, 6.07) is 28.6. The normalized spacial score (nSPS) is 27.2. The molecule has 2 aliphatic carbocycles. The number of hydrogen-bond donors (Lipinski definition) is 1. The zero-order chi connectivity index (χ0) is 34.9. The summed E-state index contributed by atoms with van der Waals surface area (Å²) in [4.78, 5) is 61.2. The number of allylic oxidation sites excluding steroid dienone is 2. The van der Waals surface area contributed by atoms with Crippen LogP contribution in [-0.4, -0.2) is 40.7 Å². The van der Waals surface area contributed by atoms with Crippen molar-refractivity contribution in [2.75, 3.05) is 12.0 Å². The predicted octanol–water partition coefficient (Wildman–Crippen LogP) is 7.18. The lowest BCUT2D eigenvalue weighted by molar-refractivity contribution is -0.141. The highest BCUT2D eigenvalue weighted by Crippen LogP contribution is 2.65. The van der Waals surface area contributed by atoms with Gasteiger partial charge in [-0.15, -0.1) is 0 Å². The molecule has 2 saturated heterocycles. The number of halogens is 2. The summed E-state index contributed by atoms with van der Waals surface area (Å²) < 4.78 is 6.18. The minimum atomic E-state index is -1.52. The Morgan fingerprint density at radius 2 is 1.60 bits per heavy atom. The van der Waals surface area contributed by atoms with Crippen molar-refractivity contribution in [3.63, 3.8) is 0 Å². The summed E-state index contributed by atoms with van der Waals surface area (Å²) >= 11 is 9.98. The number of aromatic hydroxyl groups is 1. The Balaban J connectivity index is 1.36. The van der Waals surface area contributed by atoms with Gasteiger partial charge in [0.25, 0.3) is 0 Å². The molecule has 50 heavy (non-hydrogen) atoms. The van der Waals surface area contributed by atoms with Gasteiger partial charge in [-0.3, -0.25) is 24.1 Å². The summed E-state index contributed by atoms with van der Waals surface area (Å²) in [7, 11) is 1.45. The molecule has 8 rings (SSSR count). The fraction of sp³-hybridized carbons (Fsp3) is 0.250. The van der Waals surface area contributed by atoms with Crippen molar-refractivity contribution in [2.24, 2.45) is 23.7 Å². The van der Waals surface area contributed by atoms with Crippen molar-refractivity contribution in [2.45, 2.75) is 30.7 Å². The summed E-state index contributed by atoms with van der Waals surface area (Å²) in [5.41, 5.74) is 1.39. The number of phenols is 1. The lowest BCUT2D eigenvalue weighted by Crippen LogP contribution is -2.53. The Bertz CT molecular complexity index is 2110. The molecule has 1 saturated carbocycles. The van der Waals surface area contributed by atoms with E-state index in [-0.39, 0.29) is 42.7 Å². The quantitative estimate of drug-likeness (QED) is 0.166. The first-order valence-corrected chi connectivity index (χ1v) is 17.7. The van der Waals surface area contributed by atoms with Crippen LogP contribution in [0, 0.1) is 23.7 Å². The highest BCUT2D eigenvalue weighted by molar-refractivity contribution is 9.10. The smallest absolute Gasteiger partial charge is 0.246 e. The number of nitrogens with zero attached hydrogens (tertiary/aromatic N) is 2. The number of amides is 4. The fourth-order valence-electron chi connectivity index (χ4n) is 9.05. The molecule has 2 aliphatic heterocycles. The van der Waals surface area contributed by atoms with Crippen molar-refractivity contribution in [3.05, 3.63) is 135 Å². The highest BCUT2D eigenvalue weighted by atomic mass is 79.9. The van der Waals surface area contributed by atoms with Gasteiger partial charge in [-0.05, 0) is 60.2 Å². The number of hydrogen-bond acceptors (Lipinski definition) is 6. The van der Waals surface area contributed by atoms with Crippen molar-refractivity contribution in [1.82, 2.24) is 4.90 Å². The minimum Gasteiger partial charge on any atom is -0.504 e. The number of phenolic OH excluding ortho intramolecular Hbond substituents is 1. The summed E-state index contributed by atoms with van der Waals surface area (Å²) in [6.45, 7) is 0.151. The van der Waals surface area contributed by atoms with Crippen LogP contribution in [-0.2, 0) is 31.1 Å². The number of anilines is 1. The van der Waals surface area contributed by atoms with Gasteiger partial charge in [0.05, 0.1) is 42.5 Å². The number of ether oxygens (including phenoxy) is 1. The Kier molecular flexibility index (Phi) is 7.95. The molecular formula is C40H32BrClN2O6. The standard InChI is InChI=1S/C40H32BrClN2O6/c1-50-32-18-24(41)17-30(35(32)45)34-27-15-16-28-33(38(48)43(36(28)46)21-22-9-4-2-5-10-22)29(27)20-31-37(47)44(26-14-8-13-25(42)19-26)39(49)40(31,34)23-11-6-3-7-12-23/h2-15,17-19,28-29,31,33-34,45H,16,20-21H2,1H3. The van der Waals surface area contributed by atoms with Gasteiger partial charge < -0.3 is 9.84 Å². The van der Waals surface area contributed by atoms with E-state index in [1.54, 1.807) is 36.4 Å². The third-order valence-electron chi connectivity index (χ3n) is 11.0. The van der Waals surface area contributed by atoms with Crippen molar-refractivity contribution in [1.29, 1.82) is 0 Å².